The third-order valence-corrected chi connectivity index (χ3v) is 1.72. The van der Waals surface area contributed by atoms with Gasteiger partial charge in [0.05, 0.1) is 0 Å². The van der Waals surface area contributed by atoms with Crippen molar-refractivity contribution < 1.29 is 19.5 Å². The first-order valence-electron chi connectivity index (χ1n) is 4.13. The van der Waals surface area contributed by atoms with Gasteiger partial charge >= 0.3 is 0 Å². The van der Waals surface area contributed by atoms with Gasteiger partial charge in [-0.3, -0.25) is 0 Å². The van der Waals surface area contributed by atoms with Crippen LogP contribution < -0.4 is 0 Å². The van der Waals surface area contributed by atoms with Gasteiger partial charge in [-0.25, -0.2) is 0 Å². The molecule has 2 aromatic rings. The molecule has 68 valence electrons. The Morgan fingerprint density at radius 1 is 0.571 bits per heavy atom. The van der Waals surface area contributed by atoms with Crippen LogP contribution in [-0.2, 0) is 19.5 Å². The molecule has 0 radical (unpaired) electrons. The van der Waals surface area contributed by atoms with E-state index in [9.17, 15) is 0 Å². The fraction of sp³-hybridized carbons (Fsp3) is 0. The van der Waals surface area contributed by atoms with Crippen LogP contribution in [0.1, 0.15) is 0 Å². The third kappa shape index (κ3) is 6.88. The molecule has 0 aliphatic rings. The summed E-state index contributed by atoms with van der Waals surface area (Å²) in [6, 6.07) is 21.8. The van der Waals surface area contributed by atoms with Crippen molar-refractivity contribution in [3.63, 3.8) is 0 Å². The fourth-order valence-electron chi connectivity index (χ4n) is 0.813. The Morgan fingerprint density at radius 3 is 1.07 bits per heavy atom. The van der Waals surface area contributed by atoms with E-state index in [1.165, 1.54) is 0 Å². The van der Waals surface area contributed by atoms with Crippen molar-refractivity contribution in [1.82, 2.24) is 0 Å². The van der Waals surface area contributed by atoms with E-state index in [1.807, 2.05) is 66.7 Å². The van der Waals surface area contributed by atoms with E-state index in [2.05, 4.69) is 12.6 Å². The van der Waals surface area contributed by atoms with Gasteiger partial charge in [-0.2, -0.15) is 0 Å². The van der Waals surface area contributed by atoms with Gasteiger partial charge in [0, 0.05) is 24.4 Å². The maximum absolute atomic E-state index is 4.08. The van der Waals surface area contributed by atoms with Gasteiger partial charge in [0.2, 0.25) is 0 Å². The minimum atomic E-state index is 0. The second-order valence-corrected chi connectivity index (χ2v) is 3.01. The van der Waals surface area contributed by atoms with Crippen LogP contribution in [0.5, 0.6) is 0 Å². The topological polar surface area (TPSA) is 0 Å². The minimum Gasteiger partial charge on any atom is -0.143 e. The van der Waals surface area contributed by atoms with Crippen LogP contribution in [0.25, 0.3) is 0 Å². The molecule has 0 heterocycles. The molecule has 0 aliphatic carbocycles. The second kappa shape index (κ2) is 8.99. The number of hydrogen-bond acceptors (Lipinski definition) is 1. The molecule has 0 unspecified atom stereocenters. The zero-order valence-corrected chi connectivity index (χ0v) is 11.9. The number of thiol groups is 1. The fourth-order valence-corrected chi connectivity index (χ4v) is 0.985. The van der Waals surface area contributed by atoms with Crippen LogP contribution in [0.2, 0.25) is 0 Å². The molecule has 0 fully saturated rings. The summed E-state index contributed by atoms with van der Waals surface area (Å²) in [5.74, 6) is 0. The molecule has 14 heavy (non-hydrogen) atoms. The zero-order valence-electron chi connectivity index (χ0n) is 8.01. The summed E-state index contributed by atoms with van der Waals surface area (Å²) in [6.45, 7) is 0. The van der Waals surface area contributed by atoms with Gasteiger partial charge < -0.3 is 0 Å². The first kappa shape index (κ1) is 13.4. The number of rotatable bonds is 0. The van der Waals surface area contributed by atoms with Crippen LogP contribution in [0, 0.1) is 0 Å². The van der Waals surface area contributed by atoms with Crippen molar-refractivity contribution in [2.24, 2.45) is 0 Å². The Bertz CT molecular complexity index is 281. The van der Waals surface area contributed by atoms with Crippen LogP contribution in [-0.4, -0.2) is 0 Å². The molecule has 0 aliphatic heterocycles. The molecule has 2 aromatic carbocycles. The van der Waals surface area contributed by atoms with E-state index in [0.29, 0.717) is 0 Å². The zero-order chi connectivity index (χ0) is 9.36. The normalized spacial score (nSPS) is 7.79. The summed E-state index contributed by atoms with van der Waals surface area (Å²) in [5, 5.41) is 0. The molecule has 0 saturated heterocycles. The van der Waals surface area contributed by atoms with Crippen molar-refractivity contribution >= 4 is 12.6 Å². The number of hydrogen-bond donors (Lipinski definition) is 1. The van der Waals surface area contributed by atoms with Crippen molar-refractivity contribution in [1.29, 1.82) is 0 Å². The molecule has 0 aromatic heterocycles. The number of benzene rings is 2. The summed E-state index contributed by atoms with van der Waals surface area (Å²) in [6.07, 6.45) is 0. The first-order chi connectivity index (χ1) is 6.39. The quantitative estimate of drug-likeness (QED) is 0.538. The Labute approximate surface area is 104 Å². The molecule has 2 heteroatoms. The van der Waals surface area contributed by atoms with E-state index in [-0.39, 0.29) is 19.5 Å². The van der Waals surface area contributed by atoms with Gasteiger partial charge in [0.25, 0.3) is 0 Å². The predicted molar refractivity (Wildman–Crippen MR) is 60.1 cm³/mol. The summed E-state index contributed by atoms with van der Waals surface area (Å²) >= 11 is 4.08. The molecule has 0 atom stereocenters. The van der Waals surface area contributed by atoms with Crippen LogP contribution in [0.15, 0.2) is 71.6 Å². The smallest absolute Gasteiger partial charge is 0.00399 e. The van der Waals surface area contributed by atoms with Crippen LogP contribution in [0.3, 0.4) is 0 Å². The molecular formula is C12H12SZn. The Morgan fingerprint density at radius 2 is 0.857 bits per heavy atom. The molecule has 0 saturated carbocycles. The van der Waals surface area contributed by atoms with Crippen molar-refractivity contribution in [2.45, 2.75) is 4.90 Å². The van der Waals surface area contributed by atoms with E-state index in [4.69, 9.17) is 0 Å². The maximum Gasteiger partial charge on any atom is 0.00399 e. The minimum absolute atomic E-state index is 0. The second-order valence-electron chi connectivity index (χ2n) is 2.49. The molecule has 0 spiro atoms. The van der Waals surface area contributed by atoms with Crippen molar-refractivity contribution in [3.8, 4) is 0 Å². The van der Waals surface area contributed by atoms with Gasteiger partial charge in [-0.05, 0) is 12.1 Å². The standard InChI is InChI=1S/C6H6S.C6H6.Zn/c7-6-4-2-1-3-5-6;1-2-4-6-5-3-1;/h1-5,7H;1-6H;. The van der Waals surface area contributed by atoms with Crippen molar-refractivity contribution in [2.75, 3.05) is 0 Å². The van der Waals surface area contributed by atoms with Crippen LogP contribution in [0.4, 0.5) is 0 Å². The summed E-state index contributed by atoms with van der Waals surface area (Å²) in [4.78, 5) is 1.02. The van der Waals surface area contributed by atoms with Crippen LogP contribution >= 0.6 is 12.6 Å². The molecule has 0 N–H and O–H groups in total. The summed E-state index contributed by atoms with van der Waals surface area (Å²) < 4.78 is 0. The van der Waals surface area contributed by atoms with Gasteiger partial charge in [0.1, 0.15) is 0 Å². The predicted octanol–water partition coefficient (Wildman–Crippen LogP) is 3.66. The van der Waals surface area contributed by atoms with Crippen molar-refractivity contribution in [3.05, 3.63) is 66.7 Å². The largest absolute Gasteiger partial charge is 0.143 e. The molecule has 0 nitrogen and oxygen atoms in total. The third-order valence-electron chi connectivity index (χ3n) is 1.42. The Hall–Kier alpha value is -0.587. The van der Waals surface area contributed by atoms with E-state index < -0.39 is 0 Å². The van der Waals surface area contributed by atoms with E-state index in [1.54, 1.807) is 0 Å². The molecule has 0 bridgehead atoms. The molecular weight excluding hydrogens is 242 g/mol. The van der Waals surface area contributed by atoms with E-state index in [0.717, 1.165) is 4.90 Å². The summed E-state index contributed by atoms with van der Waals surface area (Å²) in [5.41, 5.74) is 0. The van der Waals surface area contributed by atoms with E-state index >= 15 is 0 Å². The Kier molecular flexibility index (Phi) is 8.61. The van der Waals surface area contributed by atoms with Gasteiger partial charge in [-0.1, -0.05) is 54.6 Å². The molecule has 2 rings (SSSR count). The first-order valence-corrected chi connectivity index (χ1v) is 4.58. The Balaban J connectivity index is 0.000000227. The maximum atomic E-state index is 4.08. The molecule has 0 amide bonds. The van der Waals surface area contributed by atoms with Gasteiger partial charge in [0.15, 0.2) is 0 Å². The average Bonchev–Trinajstić information content (AvgIpc) is 2.22. The summed E-state index contributed by atoms with van der Waals surface area (Å²) in [7, 11) is 0. The van der Waals surface area contributed by atoms with Gasteiger partial charge in [-0.15, -0.1) is 12.6 Å². The monoisotopic (exact) mass is 252 g/mol. The average molecular weight is 254 g/mol. The SMILES string of the molecule is Sc1ccccc1.[Zn].c1ccccc1.